The summed E-state index contributed by atoms with van der Waals surface area (Å²) in [6, 6.07) is 1.12. The molecule has 0 radical (unpaired) electrons. The number of nitrogens with zero attached hydrogens (tertiary/aromatic N) is 1. The lowest BCUT2D eigenvalue weighted by atomic mass is 10.2. The van der Waals surface area contributed by atoms with Gasteiger partial charge in [-0.1, -0.05) is 19.8 Å². The molecule has 1 heterocycles. The smallest absolute Gasteiger partial charge is 0.236 e. The summed E-state index contributed by atoms with van der Waals surface area (Å²) in [7, 11) is 0. The summed E-state index contributed by atoms with van der Waals surface area (Å²) < 4.78 is 0. The first-order valence-electron chi connectivity index (χ1n) is 6.84. The van der Waals surface area contributed by atoms with Gasteiger partial charge in [0.1, 0.15) is 0 Å². The van der Waals surface area contributed by atoms with Crippen molar-refractivity contribution in [2.75, 3.05) is 13.1 Å². The minimum atomic E-state index is 0.316. The van der Waals surface area contributed by atoms with Gasteiger partial charge in [0.25, 0.3) is 0 Å². The molecule has 0 aromatic heterocycles. The minimum Gasteiger partial charge on any atom is -0.339 e. The lowest BCUT2D eigenvalue weighted by Gasteiger charge is -2.24. The molecule has 1 aliphatic heterocycles. The highest BCUT2D eigenvalue weighted by molar-refractivity contribution is 5.78. The van der Waals surface area contributed by atoms with Gasteiger partial charge in [0.05, 0.1) is 6.54 Å². The molecule has 1 N–H and O–H groups in total. The molecule has 0 spiro atoms. The summed E-state index contributed by atoms with van der Waals surface area (Å²) in [6.45, 7) is 3.71. The Kier molecular flexibility index (Phi) is 4.22. The molecule has 0 bridgehead atoms. The van der Waals surface area contributed by atoms with Gasteiger partial charge in [-0.25, -0.2) is 0 Å². The molecular weight excluding hydrogens is 200 g/mol. The van der Waals surface area contributed by atoms with Crippen molar-refractivity contribution in [2.24, 2.45) is 0 Å². The number of rotatable bonds is 4. The monoisotopic (exact) mass is 224 g/mol. The standard InChI is InChI=1S/C13H24N2O/c1-2-12-8-5-9-15(12)13(16)10-14-11-6-3-4-7-11/h11-12,14H,2-10H2,1H3. The van der Waals surface area contributed by atoms with Crippen LogP contribution in [0.2, 0.25) is 0 Å². The largest absolute Gasteiger partial charge is 0.339 e. The second kappa shape index (κ2) is 5.67. The number of hydrogen-bond donors (Lipinski definition) is 1. The molecule has 0 aromatic carbocycles. The van der Waals surface area contributed by atoms with E-state index < -0.39 is 0 Å². The van der Waals surface area contributed by atoms with Crippen molar-refractivity contribution < 1.29 is 4.79 Å². The van der Waals surface area contributed by atoms with Crippen LogP contribution in [0, 0.1) is 0 Å². The first-order chi connectivity index (χ1) is 7.81. The number of likely N-dealkylation sites (tertiary alicyclic amines) is 1. The first-order valence-corrected chi connectivity index (χ1v) is 6.84. The molecule has 1 atom stereocenters. The van der Waals surface area contributed by atoms with Crippen LogP contribution in [0.15, 0.2) is 0 Å². The normalized spacial score (nSPS) is 26.6. The van der Waals surface area contributed by atoms with E-state index in [1.807, 2.05) is 0 Å². The van der Waals surface area contributed by atoms with Crippen molar-refractivity contribution in [1.82, 2.24) is 10.2 Å². The molecule has 1 unspecified atom stereocenters. The summed E-state index contributed by atoms with van der Waals surface area (Å²) in [5.74, 6) is 0.316. The van der Waals surface area contributed by atoms with Crippen LogP contribution in [0.1, 0.15) is 51.9 Å². The van der Waals surface area contributed by atoms with Gasteiger partial charge >= 0.3 is 0 Å². The van der Waals surface area contributed by atoms with Gasteiger partial charge in [0.2, 0.25) is 5.91 Å². The zero-order valence-corrected chi connectivity index (χ0v) is 10.4. The maximum atomic E-state index is 12.0. The molecule has 92 valence electrons. The fraction of sp³-hybridized carbons (Fsp3) is 0.923. The molecule has 1 amide bonds. The van der Waals surface area contributed by atoms with Crippen LogP contribution in [0.25, 0.3) is 0 Å². The highest BCUT2D eigenvalue weighted by Crippen LogP contribution is 2.20. The van der Waals surface area contributed by atoms with E-state index in [0.29, 0.717) is 24.5 Å². The average Bonchev–Trinajstić information content (AvgIpc) is 2.96. The van der Waals surface area contributed by atoms with Gasteiger partial charge in [0.15, 0.2) is 0 Å². The first kappa shape index (κ1) is 11.9. The van der Waals surface area contributed by atoms with Gasteiger partial charge < -0.3 is 10.2 Å². The third kappa shape index (κ3) is 2.76. The number of amides is 1. The van der Waals surface area contributed by atoms with Crippen molar-refractivity contribution in [2.45, 2.75) is 64.0 Å². The summed E-state index contributed by atoms with van der Waals surface area (Å²) in [4.78, 5) is 14.1. The fourth-order valence-electron chi connectivity index (χ4n) is 3.05. The Morgan fingerprint density at radius 1 is 1.25 bits per heavy atom. The predicted molar refractivity (Wildman–Crippen MR) is 65.3 cm³/mol. The lowest BCUT2D eigenvalue weighted by Crippen LogP contribution is -2.43. The Hall–Kier alpha value is -0.570. The molecule has 1 saturated heterocycles. The molecule has 1 aliphatic carbocycles. The highest BCUT2D eigenvalue weighted by atomic mass is 16.2. The maximum Gasteiger partial charge on any atom is 0.236 e. The Balaban J connectivity index is 1.74. The van der Waals surface area contributed by atoms with Crippen LogP contribution in [0.5, 0.6) is 0 Å². The Labute approximate surface area is 98.6 Å². The summed E-state index contributed by atoms with van der Waals surface area (Å²) in [5, 5.41) is 3.41. The molecule has 2 aliphatic rings. The molecule has 2 rings (SSSR count). The van der Waals surface area contributed by atoms with Gasteiger partial charge in [0, 0.05) is 18.6 Å². The van der Waals surface area contributed by atoms with Crippen LogP contribution in [-0.4, -0.2) is 36.0 Å². The van der Waals surface area contributed by atoms with Gasteiger partial charge in [-0.3, -0.25) is 4.79 Å². The quantitative estimate of drug-likeness (QED) is 0.791. The van der Waals surface area contributed by atoms with Crippen molar-refractivity contribution in [3.63, 3.8) is 0 Å². The predicted octanol–water partition coefficient (Wildman–Crippen LogP) is 1.92. The molecule has 1 saturated carbocycles. The molecule has 2 fully saturated rings. The summed E-state index contributed by atoms with van der Waals surface area (Å²) in [6.07, 6.45) is 8.66. The minimum absolute atomic E-state index is 0.316. The topological polar surface area (TPSA) is 32.3 Å². The van der Waals surface area contributed by atoms with E-state index in [0.717, 1.165) is 13.0 Å². The highest BCUT2D eigenvalue weighted by Gasteiger charge is 2.27. The maximum absolute atomic E-state index is 12.0. The van der Waals surface area contributed by atoms with Crippen LogP contribution in [-0.2, 0) is 4.79 Å². The number of hydrogen-bond acceptors (Lipinski definition) is 2. The SMILES string of the molecule is CCC1CCCN1C(=O)CNC1CCCC1. The Morgan fingerprint density at radius 2 is 2.00 bits per heavy atom. The van der Waals surface area contributed by atoms with Crippen molar-refractivity contribution in [3.8, 4) is 0 Å². The van der Waals surface area contributed by atoms with E-state index in [-0.39, 0.29) is 0 Å². The van der Waals surface area contributed by atoms with Gasteiger partial charge in [-0.2, -0.15) is 0 Å². The van der Waals surface area contributed by atoms with Gasteiger partial charge in [-0.15, -0.1) is 0 Å². The summed E-state index contributed by atoms with van der Waals surface area (Å²) >= 11 is 0. The van der Waals surface area contributed by atoms with Crippen LogP contribution < -0.4 is 5.32 Å². The van der Waals surface area contributed by atoms with E-state index in [1.165, 1.54) is 38.5 Å². The van der Waals surface area contributed by atoms with Crippen molar-refractivity contribution >= 4 is 5.91 Å². The van der Waals surface area contributed by atoms with Crippen molar-refractivity contribution in [3.05, 3.63) is 0 Å². The molecule has 3 nitrogen and oxygen atoms in total. The lowest BCUT2D eigenvalue weighted by molar-refractivity contribution is -0.131. The molecule has 3 heteroatoms. The molecular formula is C13H24N2O. The number of carbonyl (C=O) groups is 1. The van der Waals surface area contributed by atoms with E-state index in [9.17, 15) is 4.79 Å². The second-order valence-corrected chi connectivity index (χ2v) is 5.15. The van der Waals surface area contributed by atoms with Crippen molar-refractivity contribution in [1.29, 1.82) is 0 Å². The second-order valence-electron chi connectivity index (χ2n) is 5.15. The average molecular weight is 224 g/mol. The Morgan fingerprint density at radius 3 is 2.69 bits per heavy atom. The summed E-state index contributed by atoms with van der Waals surface area (Å²) in [5.41, 5.74) is 0. The van der Waals surface area contributed by atoms with E-state index in [4.69, 9.17) is 0 Å². The third-order valence-corrected chi connectivity index (χ3v) is 4.07. The number of nitrogens with one attached hydrogen (secondary N) is 1. The van der Waals surface area contributed by atoms with E-state index >= 15 is 0 Å². The van der Waals surface area contributed by atoms with E-state index in [1.54, 1.807) is 0 Å². The Bertz CT molecular complexity index is 236. The van der Waals surface area contributed by atoms with E-state index in [2.05, 4.69) is 17.1 Å². The van der Waals surface area contributed by atoms with Crippen LogP contribution in [0.3, 0.4) is 0 Å². The number of carbonyl (C=O) groups excluding carboxylic acids is 1. The van der Waals surface area contributed by atoms with Crippen LogP contribution in [0.4, 0.5) is 0 Å². The molecule has 0 aromatic rings. The van der Waals surface area contributed by atoms with Gasteiger partial charge in [-0.05, 0) is 32.1 Å². The zero-order chi connectivity index (χ0) is 11.4. The third-order valence-electron chi connectivity index (χ3n) is 4.07. The van der Waals surface area contributed by atoms with Crippen LogP contribution >= 0.6 is 0 Å². The fourth-order valence-corrected chi connectivity index (χ4v) is 3.05. The zero-order valence-electron chi connectivity index (χ0n) is 10.4. The molecule has 16 heavy (non-hydrogen) atoms.